The largest absolute Gasteiger partial charge is 0.416 e. The van der Waals surface area contributed by atoms with Gasteiger partial charge in [0.25, 0.3) is 10.1 Å². The quantitative estimate of drug-likeness (QED) is 0.467. The first-order chi connectivity index (χ1) is 14.6. The maximum absolute atomic E-state index is 12.8. The van der Waals surface area contributed by atoms with E-state index in [0.29, 0.717) is 17.7 Å². The van der Waals surface area contributed by atoms with Crippen LogP contribution in [0.5, 0.6) is 0 Å². The molecule has 0 radical (unpaired) electrons. The summed E-state index contributed by atoms with van der Waals surface area (Å²) in [6.45, 7) is 4.03. The van der Waals surface area contributed by atoms with E-state index in [2.05, 4.69) is 16.8 Å². The Kier molecular flexibility index (Phi) is 6.55. The number of nitriles is 1. The summed E-state index contributed by atoms with van der Waals surface area (Å²) >= 11 is 0. The summed E-state index contributed by atoms with van der Waals surface area (Å²) in [6.07, 6.45) is -2.78. The molecule has 2 aromatic carbocycles. The molecule has 0 bridgehead atoms. The van der Waals surface area contributed by atoms with Gasteiger partial charge < -0.3 is 0 Å². The zero-order chi connectivity index (χ0) is 22.8. The molecule has 1 saturated heterocycles. The molecular weight excluding hydrogens is 429 g/mol. The first kappa shape index (κ1) is 23.0. The molecule has 164 valence electrons. The first-order valence-corrected chi connectivity index (χ1v) is 11.0. The summed E-state index contributed by atoms with van der Waals surface area (Å²) in [7, 11) is -2.65. The second-order valence-corrected chi connectivity index (χ2v) is 9.02. The minimum absolute atomic E-state index is 0.263. The van der Waals surface area contributed by atoms with Gasteiger partial charge in [0.05, 0.1) is 24.5 Å². The van der Waals surface area contributed by atoms with E-state index in [1.807, 2.05) is 0 Å². The van der Waals surface area contributed by atoms with Gasteiger partial charge in [0, 0.05) is 18.5 Å². The van der Waals surface area contributed by atoms with Crippen LogP contribution in [0.25, 0.3) is 11.1 Å². The van der Waals surface area contributed by atoms with Crippen LogP contribution in [0.3, 0.4) is 0 Å². The lowest BCUT2D eigenvalue weighted by atomic mass is 9.76. The van der Waals surface area contributed by atoms with Crippen LogP contribution >= 0.6 is 0 Å². The first-order valence-electron chi connectivity index (χ1n) is 9.43. The lowest BCUT2D eigenvalue weighted by Crippen LogP contribution is -2.63. The second kappa shape index (κ2) is 8.83. The zero-order valence-corrected chi connectivity index (χ0v) is 17.5. The van der Waals surface area contributed by atoms with E-state index in [-0.39, 0.29) is 11.7 Å². The average molecular weight is 450 g/mol. The third-order valence-electron chi connectivity index (χ3n) is 5.48. The van der Waals surface area contributed by atoms with Gasteiger partial charge in [0.15, 0.2) is 0 Å². The van der Waals surface area contributed by atoms with Gasteiger partial charge in [-0.3, -0.25) is 9.08 Å². The van der Waals surface area contributed by atoms with Crippen molar-refractivity contribution in [3.63, 3.8) is 0 Å². The van der Waals surface area contributed by atoms with Crippen LogP contribution in [0.15, 0.2) is 61.2 Å². The van der Waals surface area contributed by atoms with E-state index in [9.17, 15) is 26.9 Å². The highest BCUT2D eigenvalue weighted by Crippen LogP contribution is 2.41. The highest BCUT2D eigenvalue weighted by atomic mass is 32.2. The predicted molar refractivity (Wildman–Crippen MR) is 111 cm³/mol. The van der Waals surface area contributed by atoms with Crippen LogP contribution in [0.2, 0.25) is 0 Å². The molecule has 1 fully saturated rings. The van der Waals surface area contributed by atoms with Crippen molar-refractivity contribution in [3.05, 3.63) is 72.3 Å². The topological polar surface area (TPSA) is 70.4 Å². The Bertz CT molecular complexity index is 1070. The van der Waals surface area contributed by atoms with Crippen molar-refractivity contribution in [2.45, 2.75) is 24.2 Å². The third kappa shape index (κ3) is 4.82. The van der Waals surface area contributed by atoms with Crippen LogP contribution < -0.4 is 0 Å². The number of rotatable bonds is 7. The fourth-order valence-corrected chi connectivity index (χ4v) is 4.86. The van der Waals surface area contributed by atoms with Gasteiger partial charge in [-0.15, -0.1) is 6.58 Å². The maximum atomic E-state index is 12.8. The molecule has 3 rings (SSSR count). The summed E-state index contributed by atoms with van der Waals surface area (Å²) < 4.78 is 66.9. The molecule has 2 aromatic rings. The normalized spacial score (nSPS) is 21.8. The highest BCUT2D eigenvalue weighted by molar-refractivity contribution is 7.86. The summed E-state index contributed by atoms with van der Waals surface area (Å²) in [5.74, 6) is -0.613. The Morgan fingerprint density at radius 1 is 1.13 bits per heavy atom. The zero-order valence-electron chi connectivity index (χ0n) is 16.7. The Balaban J connectivity index is 1.87. The summed E-state index contributed by atoms with van der Waals surface area (Å²) in [6, 6.07) is 13.2. The Morgan fingerprint density at radius 2 is 1.68 bits per heavy atom. The van der Waals surface area contributed by atoms with Crippen molar-refractivity contribution < 1.29 is 25.8 Å². The molecule has 0 N–H and O–H groups in total. The van der Waals surface area contributed by atoms with Gasteiger partial charge in [0.2, 0.25) is 0 Å². The summed E-state index contributed by atoms with van der Waals surface area (Å²) in [4.78, 5) is 1.76. The lowest BCUT2D eigenvalue weighted by molar-refractivity contribution is -0.137. The van der Waals surface area contributed by atoms with Crippen LogP contribution in [-0.4, -0.2) is 44.8 Å². The van der Waals surface area contributed by atoms with Crippen molar-refractivity contribution in [2.75, 3.05) is 19.4 Å². The number of hydrogen-bond donors (Lipinski definition) is 0. The van der Waals surface area contributed by atoms with Crippen LogP contribution in [-0.2, 0) is 20.5 Å². The lowest BCUT2D eigenvalue weighted by Gasteiger charge is -2.51. The monoisotopic (exact) mass is 450 g/mol. The van der Waals surface area contributed by atoms with Crippen molar-refractivity contribution in [2.24, 2.45) is 0 Å². The molecule has 1 aliphatic heterocycles. The van der Waals surface area contributed by atoms with Gasteiger partial charge >= 0.3 is 6.18 Å². The smallest absolute Gasteiger partial charge is 0.279 e. The van der Waals surface area contributed by atoms with Gasteiger partial charge in [-0.2, -0.15) is 26.9 Å². The molecule has 3 unspecified atom stereocenters. The number of likely N-dealkylation sites (tertiary alicyclic amines) is 1. The molecule has 0 aromatic heterocycles. The van der Waals surface area contributed by atoms with Crippen molar-refractivity contribution in [1.82, 2.24) is 4.90 Å². The van der Waals surface area contributed by atoms with E-state index in [1.54, 1.807) is 35.2 Å². The van der Waals surface area contributed by atoms with Gasteiger partial charge in [-0.1, -0.05) is 42.5 Å². The Labute approximate surface area is 179 Å². The molecule has 1 aliphatic rings. The molecule has 0 saturated carbocycles. The standard InChI is InChI=1S/C22H21F3N2O3S/c1-3-12-27-19(13-26)21(20(27)14-31(28,29)30-2)17-6-4-15(5-7-17)16-8-10-18(11-9-16)22(23,24)25/h3-11,19-21H,1,12,14H2,2H3. The summed E-state index contributed by atoms with van der Waals surface area (Å²) in [5.41, 5.74) is 1.40. The van der Waals surface area contributed by atoms with Gasteiger partial charge in [-0.25, -0.2) is 0 Å². The molecule has 0 spiro atoms. The van der Waals surface area contributed by atoms with E-state index in [0.717, 1.165) is 24.8 Å². The number of halogens is 3. The molecule has 0 amide bonds. The highest BCUT2D eigenvalue weighted by Gasteiger charge is 2.50. The molecule has 1 heterocycles. The van der Waals surface area contributed by atoms with E-state index >= 15 is 0 Å². The van der Waals surface area contributed by atoms with Crippen molar-refractivity contribution >= 4 is 10.1 Å². The van der Waals surface area contributed by atoms with E-state index in [4.69, 9.17) is 0 Å². The predicted octanol–water partition coefficient (Wildman–Crippen LogP) is 4.19. The van der Waals surface area contributed by atoms with Crippen molar-refractivity contribution in [3.8, 4) is 17.2 Å². The molecule has 5 nitrogen and oxygen atoms in total. The molecule has 31 heavy (non-hydrogen) atoms. The fourth-order valence-electron chi connectivity index (χ4n) is 3.91. The molecule has 0 aliphatic carbocycles. The Hall–Kier alpha value is -2.67. The molecule has 3 atom stereocenters. The van der Waals surface area contributed by atoms with Crippen molar-refractivity contribution in [1.29, 1.82) is 5.26 Å². The Morgan fingerprint density at radius 3 is 2.13 bits per heavy atom. The number of benzene rings is 2. The number of hydrogen-bond acceptors (Lipinski definition) is 5. The fraction of sp³-hybridized carbons (Fsp3) is 0.318. The third-order valence-corrected chi connectivity index (χ3v) is 6.74. The molecular formula is C22H21F3N2O3S. The molecule has 9 heteroatoms. The second-order valence-electron chi connectivity index (χ2n) is 7.24. The minimum Gasteiger partial charge on any atom is -0.279 e. The maximum Gasteiger partial charge on any atom is 0.416 e. The van der Waals surface area contributed by atoms with E-state index < -0.39 is 33.9 Å². The van der Waals surface area contributed by atoms with Gasteiger partial charge in [0.1, 0.15) is 6.04 Å². The number of alkyl halides is 3. The van der Waals surface area contributed by atoms with Crippen LogP contribution in [0.4, 0.5) is 13.2 Å². The van der Waals surface area contributed by atoms with E-state index in [1.165, 1.54) is 12.1 Å². The minimum atomic E-state index is -4.40. The SMILES string of the molecule is C=CCN1C(C#N)C(c2ccc(-c3ccc(C(F)(F)F)cc3)cc2)C1CS(=O)(=O)OC. The average Bonchev–Trinajstić information content (AvgIpc) is 2.74. The van der Waals surface area contributed by atoms with Crippen LogP contribution in [0.1, 0.15) is 17.0 Å². The van der Waals surface area contributed by atoms with Crippen LogP contribution in [0, 0.1) is 11.3 Å². The number of nitrogens with zero attached hydrogens (tertiary/aromatic N) is 2. The summed E-state index contributed by atoms with van der Waals surface area (Å²) in [5, 5.41) is 9.61. The van der Waals surface area contributed by atoms with Gasteiger partial charge in [-0.05, 0) is 28.8 Å².